The van der Waals surface area contributed by atoms with Gasteiger partial charge in [0, 0.05) is 12.0 Å². The Bertz CT molecular complexity index is 715. The van der Waals surface area contributed by atoms with Crippen molar-refractivity contribution in [3.63, 3.8) is 0 Å². The third-order valence-corrected chi connectivity index (χ3v) is 1.49. The number of aromatic amines is 1. The van der Waals surface area contributed by atoms with Gasteiger partial charge in [0.05, 0.1) is 10.3 Å². The van der Waals surface area contributed by atoms with Crippen LogP contribution in [0.4, 0.5) is 4.39 Å². The molecule has 5 nitrogen and oxygen atoms in total. The minimum absolute atomic E-state index is 0.0353. The summed E-state index contributed by atoms with van der Waals surface area (Å²) >= 11 is 0. The Hall–Kier alpha value is -1.43. The Labute approximate surface area is 88.0 Å². The van der Waals surface area contributed by atoms with Crippen molar-refractivity contribution in [3.8, 4) is 0 Å². The van der Waals surface area contributed by atoms with Gasteiger partial charge >= 0.3 is 5.69 Å². The van der Waals surface area contributed by atoms with Crippen molar-refractivity contribution in [1.29, 1.82) is 0 Å². The van der Waals surface area contributed by atoms with Crippen LogP contribution in [0.15, 0.2) is 15.8 Å². The van der Waals surface area contributed by atoms with E-state index in [1.807, 2.05) is 0 Å². The molecule has 76 valence electrons. The van der Waals surface area contributed by atoms with Crippen molar-refractivity contribution in [2.45, 2.75) is 18.9 Å². The first kappa shape index (κ1) is 3.98. The Kier molecular flexibility index (Phi) is 0.959. The minimum Gasteiger partial charge on any atom is -0.358 e. The molecule has 1 unspecified atom stereocenters. The molecular formula is C8H9FN2O3. The van der Waals surface area contributed by atoms with Crippen molar-refractivity contribution in [3.05, 3.63) is 32.9 Å². The normalized spacial score (nSPS) is 44.8. The molecule has 6 heteroatoms. The summed E-state index contributed by atoms with van der Waals surface area (Å²) < 4.78 is 70.4. The molecule has 0 saturated carbocycles. The van der Waals surface area contributed by atoms with Gasteiger partial charge in [0.25, 0.3) is 5.56 Å². The molecule has 1 saturated heterocycles. The van der Waals surface area contributed by atoms with E-state index in [1.165, 1.54) is 4.98 Å². The highest BCUT2D eigenvalue weighted by molar-refractivity contribution is 4.88. The highest BCUT2D eigenvalue weighted by Gasteiger charge is 2.19. The summed E-state index contributed by atoms with van der Waals surface area (Å²) in [6.45, 7) is -3.26. The average Bonchev–Trinajstić information content (AvgIpc) is 2.40. The molecule has 0 amide bonds. The standard InChI is InChI=1S/C8H9FN2O3/c9-5-4-11(6-2-1-3-14-6)8(13)10-7(5)12/h4,6H,1-3H2,(H,10,12,13)/i1D2,2D2,3D2,6D. The van der Waals surface area contributed by atoms with Crippen molar-refractivity contribution in [2.75, 3.05) is 6.56 Å². The molecule has 0 radical (unpaired) electrons. The zero-order valence-electron chi connectivity index (χ0n) is 13.6. The number of halogens is 1. The van der Waals surface area contributed by atoms with Crippen LogP contribution >= 0.6 is 0 Å². The number of hydrogen-bond donors (Lipinski definition) is 1. The Balaban J connectivity index is 2.78. The molecule has 14 heavy (non-hydrogen) atoms. The molecule has 1 fully saturated rings. The maximum Gasteiger partial charge on any atom is 0.330 e. The van der Waals surface area contributed by atoms with Gasteiger partial charge in [-0.3, -0.25) is 14.3 Å². The number of nitrogens with one attached hydrogen (secondary N) is 1. The molecule has 0 bridgehead atoms. The van der Waals surface area contributed by atoms with Crippen molar-refractivity contribution in [2.24, 2.45) is 0 Å². The van der Waals surface area contributed by atoms with Crippen molar-refractivity contribution >= 4 is 0 Å². The largest absolute Gasteiger partial charge is 0.358 e. The van der Waals surface area contributed by atoms with Gasteiger partial charge in [-0.15, -0.1) is 0 Å². The van der Waals surface area contributed by atoms with Crippen LogP contribution in [-0.2, 0) is 4.74 Å². The van der Waals surface area contributed by atoms with E-state index in [9.17, 15) is 14.0 Å². The summed E-state index contributed by atoms with van der Waals surface area (Å²) in [7, 11) is 0. The SMILES string of the molecule is [2H]C1([2H])OC([2H])(n2cc(F)c(=O)[nH]c2=O)C([2H])([2H])C1([2H])[2H]. The number of nitrogens with zero attached hydrogens (tertiary/aromatic N) is 1. The van der Waals surface area contributed by atoms with E-state index < -0.39 is 42.6 Å². The van der Waals surface area contributed by atoms with Gasteiger partial charge < -0.3 is 4.74 Å². The van der Waals surface area contributed by atoms with E-state index in [4.69, 9.17) is 9.60 Å². The first-order chi connectivity index (χ1) is 9.28. The van der Waals surface area contributed by atoms with Crippen LogP contribution < -0.4 is 11.2 Å². The molecule has 2 heterocycles. The molecule has 2 rings (SSSR count). The highest BCUT2D eigenvalue weighted by atomic mass is 19.1. The lowest BCUT2D eigenvalue weighted by molar-refractivity contribution is 0.0517. The third-order valence-electron chi connectivity index (χ3n) is 1.49. The molecule has 1 aromatic rings. The van der Waals surface area contributed by atoms with Gasteiger partial charge in [-0.05, 0) is 12.7 Å². The maximum atomic E-state index is 13.3. The molecule has 0 aromatic carbocycles. The summed E-state index contributed by atoms with van der Waals surface area (Å²) in [5.41, 5.74) is -2.85. The molecule has 1 aliphatic rings. The number of aromatic nitrogens is 2. The van der Waals surface area contributed by atoms with Crippen LogP contribution in [0, 0.1) is 5.82 Å². The molecule has 1 atom stereocenters. The van der Waals surface area contributed by atoms with Gasteiger partial charge in [0.1, 0.15) is 6.20 Å². The van der Waals surface area contributed by atoms with Gasteiger partial charge in [-0.2, -0.15) is 4.39 Å². The van der Waals surface area contributed by atoms with Crippen LogP contribution in [0.3, 0.4) is 0 Å². The molecular weight excluding hydrogens is 191 g/mol. The van der Waals surface area contributed by atoms with E-state index >= 15 is 0 Å². The van der Waals surface area contributed by atoms with Gasteiger partial charge in [0.15, 0.2) is 0 Å². The quantitative estimate of drug-likeness (QED) is 0.704. The average molecular weight is 207 g/mol. The summed E-state index contributed by atoms with van der Waals surface area (Å²) in [4.78, 5) is 24.0. The van der Waals surface area contributed by atoms with Crippen LogP contribution in [0.1, 0.15) is 28.5 Å². The maximum absolute atomic E-state index is 13.3. The highest BCUT2D eigenvalue weighted by Crippen LogP contribution is 2.20. The topological polar surface area (TPSA) is 64.1 Å². The van der Waals surface area contributed by atoms with Crippen LogP contribution in [0.2, 0.25) is 0 Å². The van der Waals surface area contributed by atoms with Crippen LogP contribution in [0.25, 0.3) is 0 Å². The Morgan fingerprint density at radius 3 is 3.21 bits per heavy atom. The lowest BCUT2D eigenvalue weighted by Gasteiger charge is -2.11. The molecule has 1 aromatic heterocycles. The van der Waals surface area contributed by atoms with Crippen molar-refractivity contribution < 1.29 is 18.7 Å². The summed E-state index contributed by atoms with van der Waals surface area (Å²) in [5, 5.41) is 0. The molecule has 1 N–H and O–H groups in total. The van der Waals surface area contributed by atoms with E-state index in [2.05, 4.69) is 4.74 Å². The first-order valence-corrected chi connectivity index (χ1v) is 3.50. The summed E-state index contributed by atoms with van der Waals surface area (Å²) in [5.74, 6) is -1.53. The molecule has 0 spiro atoms. The Morgan fingerprint density at radius 1 is 1.79 bits per heavy atom. The van der Waals surface area contributed by atoms with Crippen LogP contribution in [-0.4, -0.2) is 16.1 Å². The fourth-order valence-electron chi connectivity index (χ4n) is 0.886. The van der Waals surface area contributed by atoms with E-state index in [0.717, 1.165) is 0 Å². The second-order valence-electron chi connectivity index (χ2n) is 2.37. The van der Waals surface area contributed by atoms with Crippen molar-refractivity contribution in [1.82, 2.24) is 9.55 Å². The summed E-state index contributed by atoms with van der Waals surface area (Å²) in [6.07, 6.45) is -9.75. The van der Waals surface area contributed by atoms with Gasteiger partial charge in [0.2, 0.25) is 5.82 Å². The zero-order valence-corrected chi connectivity index (χ0v) is 6.63. The lowest BCUT2D eigenvalue weighted by Crippen LogP contribution is -2.33. The number of hydrogen-bond acceptors (Lipinski definition) is 3. The molecule has 1 aliphatic heterocycles. The van der Waals surface area contributed by atoms with Gasteiger partial charge in [-0.1, -0.05) is 0 Å². The second kappa shape index (κ2) is 3.38. The predicted octanol–water partition coefficient (Wildman–Crippen LogP) is -0.0153. The monoisotopic (exact) mass is 207 g/mol. The smallest absolute Gasteiger partial charge is 0.330 e. The second-order valence-corrected chi connectivity index (χ2v) is 2.37. The minimum atomic E-state index is -3.36. The van der Waals surface area contributed by atoms with Crippen LogP contribution in [0.5, 0.6) is 0 Å². The van der Waals surface area contributed by atoms with E-state index in [0.29, 0.717) is 0 Å². The van der Waals surface area contributed by atoms with E-state index in [1.54, 1.807) is 0 Å². The lowest BCUT2D eigenvalue weighted by atomic mass is 10.3. The fraction of sp³-hybridized carbons (Fsp3) is 0.500. The molecule has 0 aliphatic carbocycles. The first-order valence-electron chi connectivity index (χ1n) is 7.00. The number of ether oxygens (including phenoxy) is 1. The number of H-pyrrole nitrogens is 1. The number of rotatable bonds is 1. The predicted molar refractivity (Wildman–Crippen MR) is 45.5 cm³/mol. The fourth-order valence-corrected chi connectivity index (χ4v) is 0.886. The third kappa shape index (κ3) is 1.48. The van der Waals surface area contributed by atoms with E-state index in [-0.39, 0.29) is 10.8 Å². The zero-order chi connectivity index (χ0) is 16.4. The summed E-state index contributed by atoms with van der Waals surface area (Å²) in [6, 6.07) is 0. The van der Waals surface area contributed by atoms with Gasteiger partial charge in [-0.25, -0.2) is 4.79 Å². The Morgan fingerprint density at radius 2 is 2.57 bits per heavy atom.